The van der Waals surface area contributed by atoms with Gasteiger partial charge in [0.15, 0.2) is 6.10 Å². The van der Waals surface area contributed by atoms with Crippen molar-refractivity contribution < 1.29 is 47.5 Å². The Morgan fingerprint density at radius 3 is 1.37 bits per heavy atom. The number of phosphoric ester groups is 1. The molecule has 1 unspecified atom stereocenters. The molecule has 0 amide bonds. The summed E-state index contributed by atoms with van der Waals surface area (Å²) in [6.07, 6.45) is 55.0. The first-order chi connectivity index (χ1) is 30.1. The Morgan fingerprint density at radius 1 is 0.516 bits per heavy atom. The molecular formula is C50H84NO10P. The second kappa shape index (κ2) is 44.3. The van der Waals surface area contributed by atoms with Crippen LogP contribution in [0.15, 0.2) is 85.1 Å². The van der Waals surface area contributed by atoms with Crippen molar-refractivity contribution in [1.29, 1.82) is 0 Å². The maximum atomic E-state index is 12.7. The van der Waals surface area contributed by atoms with Gasteiger partial charge in [0, 0.05) is 12.8 Å². The molecule has 0 spiro atoms. The van der Waals surface area contributed by atoms with Crippen LogP contribution < -0.4 is 5.73 Å². The largest absolute Gasteiger partial charge is 0.480 e. The normalized spacial score (nSPS) is 14.4. The van der Waals surface area contributed by atoms with E-state index in [1.165, 1.54) is 57.8 Å². The van der Waals surface area contributed by atoms with E-state index in [1.807, 2.05) is 0 Å². The van der Waals surface area contributed by atoms with Crippen LogP contribution in [-0.4, -0.2) is 59.9 Å². The summed E-state index contributed by atoms with van der Waals surface area (Å²) in [6, 6.07) is -1.53. The number of aliphatic carboxylic acids is 1. The molecule has 12 heteroatoms. The molecule has 0 saturated carbocycles. The third-order valence-corrected chi connectivity index (χ3v) is 10.6. The molecule has 0 bridgehead atoms. The zero-order valence-corrected chi connectivity index (χ0v) is 39.3. The topological polar surface area (TPSA) is 172 Å². The van der Waals surface area contributed by atoms with Gasteiger partial charge in [-0.1, -0.05) is 163 Å². The number of carbonyl (C=O) groups is 3. The fourth-order valence-electron chi connectivity index (χ4n) is 5.94. The highest BCUT2D eigenvalue weighted by Gasteiger charge is 2.28. The second-order valence-electron chi connectivity index (χ2n) is 15.5. The van der Waals surface area contributed by atoms with Crippen molar-refractivity contribution in [3.8, 4) is 0 Å². The van der Waals surface area contributed by atoms with Crippen LogP contribution in [0.4, 0.5) is 0 Å². The summed E-state index contributed by atoms with van der Waals surface area (Å²) in [5.41, 5.74) is 5.34. The zero-order chi connectivity index (χ0) is 45.6. The summed E-state index contributed by atoms with van der Waals surface area (Å²) in [5.74, 6) is -2.43. The zero-order valence-electron chi connectivity index (χ0n) is 38.4. The van der Waals surface area contributed by atoms with Crippen LogP contribution in [0.1, 0.15) is 181 Å². The second-order valence-corrected chi connectivity index (χ2v) is 17.0. The van der Waals surface area contributed by atoms with Gasteiger partial charge in [0.25, 0.3) is 0 Å². The van der Waals surface area contributed by atoms with Gasteiger partial charge in [0.2, 0.25) is 0 Å². The number of rotatable bonds is 43. The first-order valence-electron chi connectivity index (χ1n) is 23.6. The number of carbonyl (C=O) groups excluding carboxylic acids is 2. The van der Waals surface area contributed by atoms with Gasteiger partial charge in [-0.25, -0.2) is 4.57 Å². The Bertz CT molecular complexity index is 1370. The number of carboxylic acid groups (broad SMARTS) is 1. The predicted molar refractivity (Wildman–Crippen MR) is 254 cm³/mol. The highest BCUT2D eigenvalue weighted by Crippen LogP contribution is 2.43. The molecule has 11 nitrogen and oxygen atoms in total. The SMILES string of the molecule is CC/C=C\C/C=C\C/C=C\C/C=C\C/C=C\CCCCCC(=O)O[C@H](COC(=O)CCCCCCCCCCC/C=C\C/C=C\CCCCC)COP(=O)(O)OC[C@H](N)C(=O)O. The van der Waals surface area contributed by atoms with Crippen LogP contribution in [-0.2, 0) is 37.5 Å². The van der Waals surface area contributed by atoms with E-state index in [1.54, 1.807) is 0 Å². The number of unbranched alkanes of at least 4 members (excludes halogenated alkanes) is 15. The summed E-state index contributed by atoms with van der Waals surface area (Å²) >= 11 is 0. The molecule has 0 aliphatic heterocycles. The van der Waals surface area contributed by atoms with Crippen molar-refractivity contribution in [3.63, 3.8) is 0 Å². The molecule has 0 radical (unpaired) electrons. The number of allylic oxidation sites excluding steroid dienone is 14. The molecule has 3 atom stereocenters. The summed E-state index contributed by atoms with van der Waals surface area (Å²) < 4.78 is 32.7. The number of ether oxygens (including phenoxy) is 2. The minimum atomic E-state index is -4.74. The quantitative estimate of drug-likeness (QED) is 0.0230. The number of hydrogen-bond acceptors (Lipinski definition) is 9. The van der Waals surface area contributed by atoms with Crippen LogP contribution in [0, 0.1) is 0 Å². The van der Waals surface area contributed by atoms with Crippen molar-refractivity contribution in [3.05, 3.63) is 85.1 Å². The standard InChI is InChI=1S/C50H84NO10P/c1-3-5-7-9-11-13-15-17-19-21-23-25-27-29-31-33-35-37-39-41-48(52)58-43-46(44-59-62(56,57)60-45-47(51)50(54)55)61-49(53)42-40-38-36-34-32-30-28-26-24-22-20-18-16-14-12-10-8-6-4-2/h6,8,11-14,17-20,24,26,30,32,46-47H,3-5,7,9-10,15-16,21-23,25,27-29,31,33-45,51H2,1-2H3,(H,54,55)(H,56,57)/b8-6-,13-11-,14-12-,19-17-,20-18-,26-24-,32-30-/t46-,47+/m1/s1. The smallest absolute Gasteiger partial charge is 0.472 e. The van der Waals surface area contributed by atoms with Crippen LogP contribution in [0.3, 0.4) is 0 Å². The number of esters is 2. The van der Waals surface area contributed by atoms with Gasteiger partial charge in [0.05, 0.1) is 13.2 Å². The van der Waals surface area contributed by atoms with E-state index in [0.29, 0.717) is 12.8 Å². The average Bonchev–Trinajstić information content (AvgIpc) is 3.25. The highest BCUT2D eigenvalue weighted by atomic mass is 31.2. The van der Waals surface area contributed by atoms with E-state index in [0.717, 1.165) is 83.5 Å². The highest BCUT2D eigenvalue weighted by molar-refractivity contribution is 7.47. The first-order valence-corrected chi connectivity index (χ1v) is 25.1. The Morgan fingerprint density at radius 2 is 0.903 bits per heavy atom. The number of hydrogen-bond donors (Lipinski definition) is 3. The van der Waals surface area contributed by atoms with Crippen LogP contribution >= 0.6 is 7.82 Å². The molecule has 0 saturated heterocycles. The molecule has 62 heavy (non-hydrogen) atoms. The summed E-state index contributed by atoms with van der Waals surface area (Å²) in [5, 5.41) is 8.91. The van der Waals surface area contributed by atoms with E-state index in [-0.39, 0.29) is 19.4 Å². The molecule has 0 aromatic carbocycles. The first kappa shape index (κ1) is 58.7. The van der Waals surface area contributed by atoms with Gasteiger partial charge in [-0.2, -0.15) is 0 Å². The molecule has 0 aliphatic rings. The lowest BCUT2D eigenvalue weighted by molar-refractivity contribution is -0.161. The summed E-state index contributed by atoms with van der Waals surface area (Å²) in [4.78, 5) is 46.1. The molecule has 0 rings (SSSR count). The lowest BCUT2D eigenvalue weighted by Gasteiger charge is -2.20. The van der Waals surface area contributed by atoms with Gasteiger partial charge >= 0.3 is 25.7 Å². The average molecular weight is 890 g/mol. The van der Waals surface area contributed by atoms with Crippen molar-refractivity contribution >= 4 is 25.7 Å². The van der Waals surface area contributed by atoms with Crippen LogP contribution in [0.2, 0.25) is 0 Å². The Balaban J connectivity index is 4.39. The monoisotopic (exact) mass is 890 g/mol. The minimum absolute atomic E-state index is 0.117. The Labute approximate surface area is 375 Å². The maximum absolute atomic E-state index is 12.7. The van der Waals surface area contributed by atoms with Gasteiger partial charge < -0.3 is 25.2 Å². The van der Waals surface area contributed by atoms with Gasteiger partial charge in [-0.05, 0) is 89.9 Å². The van der Waals surface area contributed by atoms with Crippen molar-refractivity contribution in [2.75, 3.05) is 19.8 Å². The van der Waals surface area contributed by atoms with E-state index >= 15 is 0 Å². The third kappa shape index (κ3) is 43.3. The van der Waals surface area contributed by atoms with Crippen LogP contribution in [0.5, 0.6) is 0 Å². The van der Waals surface area contributed by atoms with Gasteiger partial charge in [0.1, 0.15) is 12.6 Å². The van der Waals surface area contributed by atoms with E-state index < -0.39 is 51.1 Å². The summed E-state index contributed by atoms with van der Waals surface area (Å²) in [6.45, 7) is 2.63. The number of phosphoric acid groups is 1. The van der Waals surface area contributed by atoms with Crippen molar-refractivity contribution in [2.45, 2.75) is 193 Å². The van der Waals surface area contributed by atoms with Crippen molar-refractivity contribution in [1.82, 2.24) is 0 Å². The minimum Gasteiger partial charge on any atom is -0.480 e. The number of nitrogens with two attached hydrogens (primary N) is 1. The van der Waals surface area contributed by atoms with E-state index in [9.17, 15) is 23.8 Å². The third-order valence-electron chi connectivity index (χ3n) is 9.63. The molecular weight excluding hydrogens is 806 g/mol. The number of carboxylic acids is 1. The van der Waals surface area contributed by atoms with Crippen molar-refractivity contribution in [2.24, 2.45) is 5.73 Å². The molecule has 0 heterocycles. The molecule has 4 N–H and O–H groups in total. The maximum Gasteiger partial charge on any atom is 0.472 e. The Kier molecular flexibility index (Phi) is 41.9. The molecule has 0 fully saturated rings. The predicted octanol–water partition coefficient (Wildman–Crippen LogP) is 13.1. The van der Waals surface area contributed by atoms with Gasteiger partial charge in [-0.15, -0.1) is 0 Å². The fraction of sp³-hybridized carbons (Fsp3) is 0.660. The lowest BCUT2D eigenvalue weighted by Crippen LogP contribution is -2.34. The summed E-state index contributed by atoms with van der Waals surface area (Å²) in [7, 11) is -4.74. The fourth-order valence-corrected chi connectivity index (χ4v) is 6.72. The molecule has 0 aliphatic carbocycles. The van der Waals surface area contributed by atoms with E-state index in [4.69, 9.17) is 24.8 Å². The molecule has 0 aromatic heterocycles. The van der Waals surface area contributed by atoms with Crippen LogP contribution in [0.25, 0.3) is 0 Å². The van der Waals surface area contributed by atoms with E-state index in [2.05, 4.69) is 103 Å². The molecule has 354 valence electrons. The Hall–Kier alpha value is -3.34. The lowest BCUT2D eigenvalue weighted by atomic mass is 10.1. The van der Waals surface area contributed by atoms with Gasteiger partial charge in [-0.3, -0.25) is 23.4 Å². The molecule has 0 aromatic rings.